The second kappa shape index (κ2) is 6.79. The number of nitrogens with zero attached hydrogens (tertiary/aromatic N) is 4. The van der Waals surface area contributed by atoms with Crippen molar-refractivity contribution >= 4 is 5.91 Å². The van der Waals surface area contributed by atoms with Crippen molar-refractivity contribution in [2.24, 2.45) is 13.0 Å². The monoisotopic (exact) mass is 355 g/mol. The van der Waals surface area contributed by atoms with Crippen LogP contribution in [0, 0.1) is 19.8 Å². The van der Waals surface area contributed by atoms with E-state index in [9.17, 15) is 4.79 Å². The maximum absolute atomic E-state index is 12.4. The smallest absolute Gasteiger partial charge is 0.254 e. The first-order valence-corrected chi connectivity index (χ1v) is 9.26. The van der Waals surface area contributed by atoms with E-state index in [2.05, 4.69) is 27.3 Å². The summed E-state index contributed by atoms with van der Waals surface area (Å²) >= 11 is 0. The fraction of sp³-hybridized carbons (Fsp3) is 0.579. The summed E-state index contributed by atoms with van der Waals surface area (Å²) in [7, 11) is 1.95. The molecule has 1 saturated heterocycles. The summed E-state index contributed by atoms with van der Waals surface area (Å²) < 4.78 is 7.87. The molecule has 0 spiro atoms. The van der Waals surface area contributed by atoms with Crippen LogP contribution in [0.4, 0.5) is 0 Å². The molecular formula is C19H25N5O2. The Bertz CT molecular complexity index is 810. The number of rotatable bonds is 5. The lowest BCUT2D eigenvalue weighted by molar-refractivity contribution is 0.0839. The highest BCUT2D eigenvalue weighted by atomic mass is 16.5. The average Bonchev–Trinajstić information content (AvgIpc) is 3.34. The van der Waals surface area contributed by atoms with E-state index in [4.69, 9.17) is 4.74 Å². The van der Waals surface area contributed by atoms with Crippen molar-refractivity contribution in [3.05, 3.63) is 40.7 Å². The Morgan fingerprint density at radius 2 is 2.00 bits per heavy atom. The van der Waals surface area contributed by atoms with Gasteiger partial charge in [-0.05, 0) is 33.1 Å². The molecule has 0 aromatic carbocycles. The van der Waals surface area contributed by atoms with Gasteiger partial charge in [0.05, 0.1) is 17.4 Å². The van der Waals surface area contributed by atoms with Gasteiger partial charge in [-0.1, -0.05) is 0 Å². The SMILES string of the molecule is Cc1nn(C)c(C)c1[C@H]1OCC[C@@H]1CNC(=O)c1cnc(C2CC2)nc1. The predicted octanol–water partition coefficient (Wildman–Crippen LogP) is 2.21. The quantitative estimate of drug-likeness (QED) is 0.889. The summed E-state index contributed by atoms with van der Waals surface area (Å²) in [5, 5.41) is 7.52. The first kappa shape index (κ1) is 17.1. The lowest BCUT2D eigenvalue weighted by Crippen LogP contribution is -2.31. The average molecular weight is 355 g/mol. The Morgan fingerprint density at radius 3 is 2.62 bits per heavy atom. The first-order valence-electron chi connectivity index (χ1n) is 9.26. The molecule has 26 heavy (non-hydrogen) atoms. The Labute approximate surface area is 153 Å². The molecule has 2 aromatic rings. The van der Waals surface area contributed by atoms with Gasteiger partial charge in [-0.2, -0.15) is 5.10 Å². The van der Waals surface area contributed by atoms with Gasteiger partial charge < -0.3 is 10.1 Å². The van der Waals surface area contributed by atoms with Crippen molar-refractivity contribution < 1.29 is 9.53 Å². The van der Waals surface area contributed by atoms with E-state index in [0.29, 0.717) is 24.6 Å². The lowest BCUT2D eigenvalue weighted by Gasteiger charge is -2.19. The van der Waals surface area contributed by atoms with Crippen molar-refractivity contribution in [3.8, 4) is 0 Å². The van der Waals surface area contributed by atoms with Crippen molar-refractivity contribution in [1.82, 2.24) is 25.1 Å². The van der Waals surface area contributed by atoms with Crippen LogP contribution < -0.4 is 5.32 Å². The number of aryl methyl sites for hydroxylation is 2. The minimum atomic E-state index is -0.127. The summed E-state index contributed by atoms with van der Waals surface area (Å²) in [6.45, 7) is 5.35. The van der Waals surface area contributed by atoms with Gasteiger partial charge in [-0.25, -0.2) is 9.97 Å². The minimum Gasteiger partial charge on any atom is -0.373 e. The fourth-order valence-corrected chi connectivity index (χ4v) is 3.70. The zero-order valence-electron chi connectivity index (χ0n) is 15.5. The van der Waals surface area contributed by atoms with Gasteiger partial charge in [0, 0.05) is 55.7 Å². The number of hydrogen-bond acceptors (Lipinski definition) is 5. The third-order valence-corrected chi connectivity index (χ3v) is 5.47. The maximum Gasteiger partial charge on any atom is 0.254 e. The normalized spacial score (nSPS) is 22.6. The molecule has 7 nitrogen and oxygen atoms in total. The number of nitrogens with one attached hydrogen (secondary N) is 1. The molecule has 1 amide bonds. The number of carbonyl (C=O) groups is 1. The van der Waals surface area contributed by atoms with E-state index in [1.54, 1.807) is 12.4 Å². The summed E-state index contributed by atoms with van der Waals surface area (Å²) in [6, 6.07) is 0. The molecule has 1 saturated carbocycles. The molecule has 0 bridgehead atoms. The molecule has 2 atom stereocenters. The minimum absolute atomic E-state index is 0.0162. The predicted molar refractivity (Wildman–Crippen MR) is 95.8 cm³/mol. The second-order valence-corrected chi connectivity index (χ2v) is 7.36. The molecule has 1 aliphatic heterocycles. The van der Waals surface area contributed by atoms with Crippen molar-refractivity contribution in [3.63, 3.8) is 0 Å². The van der Waals surface area contributed by atoms with Crippen LogP contribution in [0.3, 0.4) is 0 Å². The van der Waals surface area contributed by atoms with Gasteiger partial charge in [-0.15, -0.1) is 0 Å². The van der Waals surface area contributed by atoms with E-state index in [1.165, 1.54) is 0 Å². The first-order chi connectivity index (χ1) is 12.5. The summed E-state index contributed by atoms with van der Waals surface area (Å²) in [4.78, 5) is 21.1. The molecule has 2 fully saturated rings. The van der Waals surface area contributed by atoms with Crippen LogP contribution in [0.25, 0.3) is 0 Å². The van der Waals surface area contributed by atoms with Crippen molar-refractivity contribution in [2.45, 2.75) is 45.1 Å². The third kappa shape index (κ3) is 3.23. The van der Waals surface area contributed by atoms with Crippen LogP contribution in [0.1, 0.15) is 64.4 Å². The Balaban J connectivity index is 1.40. The zero-order chi connectivity index (χ0) is 18.3. The van der Waals surface area contributed by atoms with Crippen LogP contribution in [-0.2, 0) is 11.8 Å². The number of amides is 1. The molecule has 7 heteroatoms. The van der Waals surface area contributed by atoms with E-state index in [-0.39, 0.29) is 17.9 Å². The lowest BCUT2D eigenvalue weighted by atomic mass is 9.94. The van der Waals surface area contributed by atoms with E-state index >= 15 is 0 Å². The number of ether oxygens (including phenoxy) is 1. The molecule has 2 aliphatic rings. The number of hydrogen-bond donors (Lipinski definition) is 1. The Hall–Kier alpha value is -2.28. The summed E-state index contributed by atoms with van der Waals surface area (Å²) in [6.07, 6.45) is 6.49. The third-order valence-electron chi connectivity index (χ3n) is 5.47. The van der Waals surface area contributed by atoms with Gasteiger partial charge >= 0.3 is 0 Å². The molecule has 3 heterocycles. The van der Waals surface area contributed by atoms with E-state index < -0.39 is 0 Å². The van der Waals surface area contributed by atoms with Crippen molar-refractivity contribution in [2.75, 3.05) is 13.2 Å². The molecular weight excluding hydrogens is 330 g/mol. The van der Waals surface area contributed by atoms with Crippen LogP contribution in [-0.4, -0.2) is 38.8 Å². The Morgan fingerprint density at radius 1 is 1.27 bits per heavy atom. The van der Waals surface area contributed by atoms with Crippen LogP contribution in [0.15, 0.2) is 12.4 Å². The van der Waals surface area contributed by atoms with E-state index in [1.807, 2.05) is 18.7 Å². The molecule has 1 aliphatic carbocycles. The molecule has 1 N–H and O–H groups in total. The molecule has 0 radical (unpaired) electrons. The highest BCUT2D eigenvalue weighted by molar-refractivity contribution is 5.93. The molecule has 138 valence electrons. The zero-order valence-corrected chi connectivity index (χ0v) is 15.5. The highest BCUT2D eigenvalue weighted by Crippen LogP contribution is 2.38. The maximum atomic E-state index is 12.4. The number of aromatic nitrogens is 4. The van der Waals surface area contributed by atoms with Crippen LogP contribution in [0.5, 0.6) is 0 Å². The van der Waals surface area contributed by atoms with Gasteiger partial charge in [0.1, 0.15) is 5.82 Å². The summed E-state index contributed by atoms with van der Waals surface area (Å²) in [5.74, 6) is 1.47. The highest BCUT2D eigenvalue weighted by Gasteiger charge is 2.34. The molecule has 2 aromatic heterocycles. The van der Waals surface area contributed by atoms with Gasteiger partial charge in [0.25, 0.3) is 5.91 Å². The second-order valence-electron chi connectivity index (χ2n) is 7.36. The van der Waals surface area contributed by atoms with Crippen LogP contribution >= 0.6 is 0 Å². The molecule has 0 unspecified atom stereocenters. The van der Waals surface area contributed by atoms with Gasteiger partial charge in [-0.3, -0.25) is 9.48 Å². The largest absolute Gasteiger partial charge is 0.373 e. The van der Waals surface area contributed by atoms with Gasteiger partial charge in [0.2, 0.25) is 0 Å². The fourth-order valence-electron chi connectivity index (χ4n) is 3.70. The van der Waals surface area contributed by atoms with E-state index in [0.717, 1.165) is 42.0 Å². The number of carbonyl (C=O) groups excluding carboxylic acids is 1. The molecule has 4 rings (SSSR count). The van der Waals surface area contributed by atoms with Crippen molar-refractivity contribution in [1.29, 1.82) is 0 Å². The van der Waals surface area contributed by atoms with Crippen LogP contribution in [0.2, 0.25) is 0 Å². The Kier molecular flexibility index (Phi) is 4.48. The standard InChI is InChI=1S/C19H25N5O2/c1-11-16(12(2)24(3)23-11)17-14(6-7-26-17)8-22-19(25)15-9-20-18(21-10-15)13-4-5-13/h9-10,13-14,17H,4-8H2,1-3H3,(H,22,25)/t14-,17+/m1/s1. The topological polar surface area (TPSA) is 81.9 Å². The summed E-state index contributed by atoms with van der Waals surface area (Å²) in [5.41, 5.74) is 3.78. The van der Waals surface area contributed by atoms with Gasteiger partial charge in [0.15, 0.2) is 0 Å².